The van der Waals surface area contributed by atoms with Gasteiger partial charge in [0.1, 0.15) is 36.3 Å². The van der Waals surface area contributed by atoms with Crippen molar-refractivity contribution < 1.29 is 33.5 Å². The number of ether oxygens (including phenoxy) is 6. The summed E-state index contributed by atoms with van der Waals surface area (Å²) < 4.78 is 36.2. The summed E-state index contributed by atoms with van der Waals surface area (Å²) in [6.45, 7) is 15.3. The Morgan fingerprint density at radius 2 is 1.78 bits per heavy atom. The maximum Gasteiger partial charge on any atom is 0.187 e. The number of aliphatic hydroxyl groups is 1. The normalized spacial score (nSPS) is 30.5. The van der Waals surface area contributed by atoms with Gasteiger partial charge in [0.15, 0.2) is 12.1 Å². The first kappa shape index (κ1) is 25.4. The van der Waals surface area contributed by atoms with E-state index in [-0.39, 0.29) is 0 Å². The van der Waals surface area contributed by atoms with Crippen molar-refractivity contribution in [2.45, 2.75) is 88.7 Å². The van der Waals surface area contributed by atoms with Crippen LogP contribution in [0.2, 0.25) is 25.7 Å². The van der Waals surface area contributed by atoms with E-state index in [0.29, 0.717) is 13.2 Å². The van der Waals surface area contributed by atoms with Crippen LogP contribution in [0.5, 0.6) is 5.75 Å². The minimum Gasteiger partial charge on any atom is -0.497 e. The topological polar surface area (TPSA) is 75.6 Å². The van der Waals surface area contributed by atoms with E-state index < -0.39 is 50.7 Å². The lowest BCUT2D eigenvalue weighted by Crippen LogP contribution is -2.60. The van der Waals surface area contributed by atoms with E-state index in [2.05, 4.69) is 26.2 Å². The average Bonchev–Trinajstić information content (AvgIpc) is 3.06. The second-order valence-corrected chi connectivity index (χ2v) is 15.7. The summed E-state index contributed by atoms with van der Waals surface area (Å²) in [5, 5.41) is 10.7. The van der Waals surface area contributed by atoms with Crippen LogP contribution in [0.15, 0.2) is 36.9 Å². The molecule has 1 aromatic rings. The fourth-order valence-electron chi connectivity index (χ4n) is 3.91. The molecule has 0 spiro atoms. The third-order valence-electron chi connectivity index (χ3n) is 5.68. The molecule has 0 bridgehead atoms. The molecule has 32 heavy (non-hydrogen) atoms. The number of benzene rings is 1. The maximum absolute atomic E-state index is 10.7. The van der Waals surface area contributed by atoms with Crippen molar-refractivity contribution in [2.75, 3.05) is 13.7 Å². The molecule has 1 aromatic carbocycles. The molecule has 2 fully saturated rings. The summed E-state index contributed by atoms with van der Waals surface area (Å²) in [5.41, 5.74) is 0.973. The minimum absolute atomic E-state index is 0.326. The molecule has 0 unspecified atom stereocenters. The van der Waals surface area contributed by atoms with Gasteiger partial charge in [-0.05, 0) is 37.6 Å². The predicted octanol–water partition coefficient (Wildman–Crippen LogP) is 3.73. The molecule has 0 amide bonds. The smallest absolute Gasteiger partial charge is 0.187 e. The van der Waals surface area contributed by atoms with Gasteiger partial charge in [-0.2, -0.15) is 0 Å². The van der Waals surface area contributed by atoms with Crippen LogP contribution >= 0.6 is 0 Å². The van der Waals surface area contributed by atoms with Crippen molar-refractivity contribution in [3.05, 3.63) is 42.5 Å². The van der Waals surface area contributed by atoms with Crippen molar-refractivity contribution in [3.63, 3.8) is 0 Å². The quantitative estimate of drug-likeness (QED) is 0.416. The van der Waals surface area contributed by atoms with Gasteiger partial charge >= 0.3 is 0 Å². The van der Waals surface area contributed by atoms with Gasteiger partial charge in [-0.15, -0.1) is 6.58 Å². The Kier molecular flexibility index (Phi) is 8.19. The maximum atomic E-state index is 10.7. The zero-order valence-corrected chi connectivity index (χ0v) is 21.1. The number of fused-ring (bicyclic) bond motifs is 1. The van der Waals surface area contributed by atoms with Crippen LogP contribution in [0.4, 0.5) is 0 Å². The molecule has 0 saturated carbocycles. The highest BCUT2D eigenvalue weighted by molar-refractivity contribution is 6.76. The van der Waals surface area contributed by atoms with Crippen molar-refractivity contribution in [1.29, 1.82) is 0 Å². The summed E-state index contributed by atoms with van der Waals surface area (Å²) in [5.74, 6) is -0.0307. The lowest BCUT2D eigenvalue weighted by atomic mass is 9.95. The Morgan fingerprint density at radius 3 is 2.38 bits per heavy atom. The number of rotatable bonds is 10. The van der Waals surface area contributed by atoms with E-state index in [1.165, 1.54) is 6.08 Å². The lowest BCUT2D eigenvalue weighted by molar-refractivity contribution is -0.293. The molecule has 2 aliphatic heterocycles. The summed E-state index contributed by atoms with van der Waals surface area (Å²) in [6.07, 6.45) is -2.30. The monoisotopic (exact) mass is 466 g/mol. The van der Waals surface area contributed by atoms with Crippen molar-refractivity contribution in [1.82, 2.24) is 0 Å². The molecule has 2 saturated heterocycles. The van der Waals surface area contributed by atoms with Gasteiger partial charge in [0.2, 0.25) is 0 Å². The van der Waals surface area contributed by atoms with E-state index in [1.54, 1.807) is 7.11 Å². The molecule has 7 nitrogen and oxygen atoms in total. The number of aliphatic hydroxyl groups excluding tert-OH is 1. The molecule has 0 aliphatic carbocycles. The summed E-state index contributed by atoms with van der Waals surface area (Å²) in [4.78, 5) is 0. The van der Waals surface area contributed by atoms with Gasteiger partial charge in [0, 0.05) is 14.7 Å². The van der Waals surface area contributed by atoms with Gasteiger partial charge in [0.05, 0.1) is 13.7 Å². The van der Waals surface area contributed by atoms with Crippen LogP contribution in [0, 0.1) is 0 Å². The molecule has 180 valence electrons. The number of hydrogen-bond donors (Lipinski definition) is 1. The highest BCUT2D eigenvalue weighted by Gasteiger charge is 2.57. The molecule has 6 atom stereocenters. The van der Waals surface area contributed by atoms with Gasteiger partial charge in [-0.1, -0.05) is 37.8 Å². The number of hydrogen-bond acceptors (Lipinski definition) is 7. The first-order valence-corrected chi connectivity index (χ1v) is 14.9. The highest BCUT2D eigenvalue weighted by Crippen LogP contribution is 2.40. The Morgan fingerprint density at radius 1 is 1.12 bits per heavy atom. The third kappa shape index (κ3) is 6.41. The standard InChI is InChI=1S/C24H38O7Si/c1-8-18(25)19-20(28-15-16-9-11-17(26-4)12-10-16)21-22(31-24(2,3)30-21)23(29-19)27-13-14-32(5,6)7/h8-12,18-23,25H,1,13-15H2,2-7H3/t18-,19+,20+,21-,22-,23-/m0/s1. The molecule has 3 rings (SSSR count). The van der Waals surface area contributed by atoms with Gasteiger partial charge < -0.3 is 33.5 Å². The first-order chi connectivity index (χ1) is 15.0. The largest absolute Gasteiger partial charge is 0.497 e. The molecule has 2 aliphatic rings. The zero-order valence-electron chi connectivity index (χ0n) is 20.1. The Balaban J connectivity index is 1.77. The summed E-state index contributed by atoms with van der Waals surface area (Å²) in [6, 6.07) is 8.65. The molecule has 2 heterocycles. The molecule has 0 aromatic heterocycles. The van der Waals surface area contributed by atoms with E-state index in [9.17, 15) is 5.11 Å². The first-order valence-electron chi connectivity index (χ1n) is 11.2. The SMILES string of the molecule is C=C[C@H](O)[C@H]1O[C@H](OCC[Si](C)(C)C)[C@H]2OC(C)(C)O[C@H]2[C@@H]1OCc1ccc(OC)cc1. The van der Waals surface area contributed by atoms with E-state index in [0.717, 1.165) is 17.4 Å². The molecular formula is C24H38O7Si. The van der Waals surface area contributed by atoms with Crippen LogP contribution in [0.3, 0.4) is 0 Å². The Labute approximate surface area is 192 Å². The lowest BCUT2D eigenvalue weighted by Gasteiger charge is -2.43. The van der Waals surface area contributed by atoms with Gasteiger partial charge in [-0.25, -0.2) is 0 Å². The van der Waals surface area contributed by atoms with Gasteiger partial charge in [0.25, 0.3) is 0 Å². The van der Waals surface area contributed by atoms with E-state index in [4.69, 9.17) is 28.4 Å². The van der Waals surface area contributed by atoms with Crippen LogP contribution in [0.1, 0.15) is 19.4 Å². The van der Waals surface area contributed by atoms with Crippen molar-refractivity contribution in [2.24, 2.45) is 0 Å². The summed E-state index contributed by atoms with van der Waals surface area (Å²) in [7, 11) is 0.361. The average molecular weight is 467 g/mol. The summed E-state index contributed by atoms with van der Waals surface area (Å²) >= 11 is 0. The van der Waals surface area contributed by atoms with Crippen LogP contribution in [-0.4, -0.2) is 69.5 Å². The Bertz CT molecular complexity index is 746. The van der Waals surface area contributed by atoms with E-state index in [1.807, 2.05) is 38.1 Å². The van der Waals surface area contributed by atoms with E-state index >= 15 is 0 Å². The van der Waals surface area contributed by atoms with Gasteiger partial charge in [-0.3, -0.25) is 0 Å². The minimum atomic E-state index is -1.27. The fourth-order valence-corrected chi connectivity index (χ4v) is 4.64. The Hall–Kier alpha value is -1.26. The highest BCUT2D eigenvalue weighted by atomic mass is 28.3. The second-order valence-electron chi connectivity index (χ2n) is 10.1. The molecular weight excluding hydrogens is 428 g/mol. The van der Waals surface area contributed by atoms with Crippen LogP contribution in [-0.2, 0) is 30.3 Å². The molecule has 1 N–H and O–H groups in total. The van der Waals surface area contributed by atoms with Crippen molar-refractivity contribution in [3.8, 4) is 5.75 Å². The third-order valence-corrected chi connectivity index (χ3v) is 7.39. The molecule has 8 heteroatoms. The zero-order chi connectivity index (χ0) is 23.5. The van der Waals surface area contributed by atoms with Crippen molar-refractivity contribution >= 4 is 8.07 Å². The predicted molar refractivity (Wildman–Crippen MR) is 124 cm³/mol. The fraction of sp³-hybridized carbons (Fsp3) is 0.667. The van der Waals surface area contributed by atoms with Crippen LogP contribution in [0.25, 0.3) is 0 Å². The van der Waals surface area contributed by atoms with Crippen LogP contribution < -0.4 is 4.74 Å². The molecule has 0 radical (unpaired) electrons. The number of methoxy groups -OCH3 is 1. The second kappa shape index (κ2) is 10.3.